The van der Waals surface area contributed by atoms with Crippen molar-refractivity contribution in [3.8, 4) is 6.07 Å². The Morgan fingerprint density at radius 2 is 2.31 bits per heavy atom. The van der Waals surface area contributed by atoms with Gasteiger partial charge in [0.05, 0.1) is 32.2 Å². The van der Waals surface area contributed by atoms with Crippen molar-refractivity contribution in [2.24, 2.45) is 0 Å². The maximum atomic E-state index is 11.4. The van der Waals surface area contributed by atoms with Crippen molar-refractivity contribution in [3.05, 3.63) is 0 Å². The molecule has 0 aromatic rings. The van der Waals surface area contributed by atoms with Crippen molar-refractivity contribution in [1.29, 1.82) is 5.26 Å². The number of aliphatic hydroxyl groups excluding tert-OH is 1. The van der Waals surface area contributed by atoms with Gasteiger partial charge in [-0.05, 0) is 0 Å². The first-order valence-electron chi connectivity index (χ1n) is 5.20. The number of carbonyl (C=O) groups excluding carboxylic acids is 1. The first-order valence-corrected chi connectivity index (χ1v) is 5.20. The number of aliphatic hydroxyl groups is 1. The normalized spacial score (nSPS) is 10.1. The second kappa shape index (κ2) is 10.4. The van der Waals surface area contributed by atoms with Gasteiger partial charge in [-0.3, -0.25) is 9.69 Å². The number of hydrogen-bond acceptors (Lipinski definition) is 5. The predicted molar refractivity (Wildman–Crippen MR) is 58.6 cm³/mol. The Morgan fingerprint density at radius 3 is 2.88 bits per heavy atom. The van der Waals surface area contributed by atoms with E-state index >= 15 is 0 Å². The number of ether oxygens (including phenoxy) is 1. The van der Waals surface area contributed by atoms with Gasteiger partial charge in [0.25, 0.3) is 0 Å². The summed E-state index contributed by atoms with van der Waals surface area (Å²) in [5.41, 5.74) is 0. The van der Waals surface area contributed by atoms with Crippen LogP contribution in [0.25, 0.3) is 0 Å². The summed E-state index contributed by atoms with van der Waals surface area (Å²) in [4.78, 5) is 13.2. The molecule has 0 radical (unpaired) electrons. The van der Waals surface area contributed by atoms with Crippen LogP contribution in [0.3, 0.4) is 0 Å². The fraction of sp³-hybridized carbons (Fsp3) is 0.800. The molecule has 0 saturated carbocycles. The monoisotopic (exact) mass is 229 g/mol. The molecular formula is C10H19N3O3. The molecule has 0 aromatic carbocycles. The lowest BCUT2D eigenvalue weighted by Gasteiger charge is -2.19. The average molecular weight is 229 g/mol. The van der Waals surface area contributed by atoms with Crippen molar-refractivity contribution in [2.45, 2.75) is 6.42 Å². The predicted octanol–water partition coefficient (Wildman–Crippen LogP) is -1.04. The summed E-state index contributed by atoms with van der Waals surface area (Å²) in [6.07, 6.45) is 0.309. The van der Waals surface area contributed by atoms with E-state index in [2.05, 4.69) is 5.32 Å². The number of carbonyl (C=O) groups is 1. The maximum Gasteiger partial charge on any atom is 0.234 e. The molecule has 0 aromatic heterocycles. The van der Waals surface area contributed by atoms with Crippen LogP contribution in [0.1, 0.15) is 6.42 Å². The van der Waals surface area contributed by atoms with E-state index in [0.717, 1.165) is 0 Å². The van der Waals surface area contributed by atoms with Gasteiger partial charge in [-0.15, -0.1) is 0 Å². The van der Waals surface area contributed by atoms with Gasteiger partial charge in [-0.1, -0.05) is 0 Å². The molecule has 2 N–H and O–H groups in total. The Balaban J connectivity index is 3.79. The SMILES string of the molecule is COCCN(CCO)CC(=O)NCCC#N. The highest BCUT2D eigenvalue weighted by Crippen LogP contribution is 1.88. The Kier molecular flexibility index (Phi) is 9.61. The van der Waals surface area contributed by atoms with Gasteiger partial charge in [-0.2, -0.15) is 5.26 Å². The topological polar surface area (TPSA) is 85.6 Å². The molecule has 0 aliphatic rings. The van der Waals surface area contributed by atoms with Crippen molar-refractivity contribution >= 4 is 5.91 Å². The zero-order valence-electron chi connectivity index (χ0n) is 9.61. The molecule has 0 bridgehead atoms. The van der Waals surface area contributed by atoms with Gasteiger partial charge in [-0.25, -0.2) is 0 Å². The molecule has 0 aliphatic carbocycles. The number of rotatable bonds is 9. The highest BCUT2D eigenvalue weighted by atomic mass is 16.5. The van der Waals surface area contributed by atoms with Crippen LogP contribution in [-0.4, -0.2) is 62.4 Å². The van der Waals surface area contributed by atoms with Gasteiger partial charge in [0.15, 0.2) is 0 Å². The first kappa shape index (κ1) is 14.8. The third kappa shape index (κ3) is 8.17. The molecule has 16 heavy (non-hydrogen) atoms. The van der Waals surface area contributed by atoms with Crippen LogP contribution in [0.15, 0.2) is 0 Å². The molecule has 92 valence electrons. The zero-order valence-corrected chi connectivity index (χ0v) is 9.61. The highest BCUT2D eigenvalue weighted by Gasteiger charge is 2.09. The lowest BCUT2D eigenvalue weighted by Crippen LogP contribution is -2.40. The minimum absolute atomic E-state index is 0.00912. The molecule has 0 saturated heterocycles. The lowest BCUT2D eigenvalue weighted by molar-refractivity contribution is -0.122. The second-order valence-corrected chi connectivity index (χ2v) is 3.25. The molecule has 1 amide bonds. The quantitative estimate of drug-likeness (QED) is 0.493. The standard InChI is InChI=1S/C10H19N3O3/c1-16-8-6-13(5-7-14)9-10(15)12-4-2-3-11/h14H,2,4-9H2,1H3,(H,12,15). The van der Waals surface area contributed by atoms with E-state index in [9.17, 15) is 4.79 Å². The van der Waals surface area contributed by atoms with Crippen LogP contribution in [-0.2, 0) is 9.53 Å². The fourth-order valence-corrected chi connectivity index (χ4v) is 1.15. The van der Waals surface area contributed by atoms with Crippen molar-refractivity contribution in [1.82, 2.24) is 10.2 Å². The number of hydrogen-bond donors (Lipinski definition) is 2. The summed E-state index contributed by atoms with van der Waals surface area (Å²) in [6.45, 7) is 2.15. The van der Waals surface area contributed by atoms with E-state index in [1.54, 1.807) is 12.0 Å². The fourth-order valence-electron chi connectivity index (χ4n) is 1.15. The number of nitrogens with zero attached hydrogens (tertiary/aromatic N) is 2. The maximum absolute atomic E-state index is 11.4. The summed E-state index contributed by atoms with van der Waals surface area (Å²) in [5, 5.41) is 19.7. The van der Waals surface area contributed by atoms with Gasteiger partial charge in [0.1, 0.15) is 0 Å². The Labute approximate surface area is 95.8 Å². The minimum Gasteiger partial charge on any atom is -0.395 e. The van der Waals surface area contributed by atoms with Crippen LogP contribution in [0.4, 0.5) is 0 Å². The molecule has 0 rings (SSSR count). The van der Waals surface area contributed by atoms with E-state index in [1.807, 2.05) is 6.07 Å². The van der Waals surface area contributed by atoms with Crippen molar-refractivity contribution < 1.29 is 14.6 Å². The van der Waals surface area contributed by atoms with Crippen LogP contribution < -0.4 is 5.32 Å². The van der Waals surface area contributed by atoms with E-state index < -0.39 is 0 Å². The minimum atomic E-state index is -0.139. The van der Waals surface area contributed by atoms with Crippen LogP contribution in [0.5, 0.6) is 0 Å². The van der Waals surface area contributed by atoms with E-state index in [4.69, 9.17) is 15.1 Å². The number of nitrogens with one attached hydrogen (secondary N) is 1. The molecule has 0 spiro atoms. The van der Waals surface area contributed by atoms with Crippen LogP contribution in [0.2, 0.25) is 0 Å². The number of methoxy groups -OCH3 is 1. The molecule has 0 atom stereocenters. The molecular weight excluding hydrogens is 210 g/mol. The van der Waals surface area contributed by atoms with E-state index in [1.165, 1.54) is 0 Å². The summed E-state index contributed by atoms with van der Waals surface area (Å²) in [7, 11) is 1.59. The molecule has 6 nitrogen and oxygen atoms in total. The molecule has 0 heterocycles. The van der Waals surface area contributed by atoms with Crippen molar-refractivity contribution in [2.75, 3.05) is 46.5 Å². The number of nitriles is 1. The zero-order chi connectivity index (χ0) is 12.2. The van der Waals surface area contributed by atoms with Crippen LogP contribution in [0, 0.1) is 11.3 Å². The lowest BCUT2D eigenvalue weighted by atomic mass is 10.4. The second-order valence-electron chi connectivity index (χ2n) is 3.25. The summed E-state index contributed by atoms with van der Waals surface area (Å²) < 4.78 is 4.90. The average Bonchev–Trinajstić information content (AvgIpc) is 2.26. The molecule has 0 fully saturated rings. The number of amides is 1. The third-order valence-corrected chi connectivity index (χ3v) is 1.95. The molecule has 6 heteroatoms. The van der Waals surface area contributed by atoms with E-state index in [-0.39, 0.29) is 19.1 Å². The van der Waals surface area contributed by atoms with Gasteiger partial charge in [0, 0.05) is 26.7 Å². The third-order valence-electron chi connectivity index (χ3n) is 1.95. The molecule has 0 unspecified atom stereocenters. The van der Waals surface area contributed by atoms with Crippen molar-refractivity contribution in [3.63, 3.8) is 0 Å². The van der Waals surface area contributed by atoms with Gasteiger partial charge < -0.3 is 15.2 Å². The Bertz CT molecular complexity index is 228. The van der Waals surface area contributed by atoms with Gasteiger partial charge >= 0.3 is 0 Å². The largest absolute Gasteiger partial charge is 0.395 e. The van der Waals surface area contributed by atoms with Gasteiger partial charge in [0.2, 0.25) is 5.91 Å². The summed E-state index contributed by atoms with van der Waals surface area (Å²) in [6, 6.07) is 1.95. The van der Waals surface area contributed by atoms with Crippen LogP contribution >= 0.6 is 0 Å². The van der Waals surface area contributed by atoms with E-state index in [0.29, 0.717) is 32.7 Å². The Morgan fingerprint density at radius 1 is 1.56 bits per heavy atom. The molecule has 0 aliphatic heterocycles. The highest BCUT2D eigenvalue weighted by molar-refractivity contribution is 5.77. The smallest absolute Gasteiger partial charge is 0.234 e. The first-order chi connectivity index (χ1) is 7.74. The Hall–Kier alpha value is -1.16. The summed E-state index contributed by atoms with van der Waals surface area (Å²) in [5.74, 6) is -0.139. The summed E-state index contributed by atoms with van der Waals surface area (Å²) >= 11 is 0.